The summed E-state index contributed by atoms with van der Waals surface area (Å²) in [6.45, 7) is 2.28. The molecule has 0 radical (unpaired) electrons. The SMILES string of the molecule is Cc1cc([N+](=O)[O-])ccc1NC(=O)C1CCCCC1CN. The Morgan fingerprint density at radius 2 is 2.14 bits per heavy atom. The second-order valence-corrected chi connectivity index (χ2v) is 5.63. The average molecular weight is 291 g/mol. The van der Waals surface area contributed by atoms with E-state index in [0.717, 1.165) is 25.7 Å². The molecule has 1 saturated carbocycles. The number of nitrogens with one attached hydrogen (secondary N) is 1. The molecule has 3 N–H and O–H groups in total. The number of carbonyl (C=O) groups excluding carboxylic acids is 1. The van der Waals surface area contributed by atoms with E-state index in [1.165, 1.54) is 12.1 Å². The third kappa shape index (κ3) is 3.58. The highest BCUT2D eigenvalue weighted by Gasteiger charge is 2.30. The number of nitrogens with zero attached hydrogens (tertiary/aromatic N) is 1. The first kappa shape index (κ1) is 15.4. The molecule has 2 unspecified atom stereocenters. The third-order valence-electron chi connectivity index (χ3n) is 4.23. The van der Waals surface area contributed by atoms with Gasteiger partial charge in [-0.15, -0.1) is 0 Å². The van der Waals surface area contributed by atoms with Gasteiger partial charge in [0.05, 0.1) is 4.92 Å². The van der Waals surface area contributed by atoms with Crippen LogP contribution in [0.1, 0.15) is 31.2 Å². The number of anilines is 1. The average Bonchev–Trinajstić information content (AvgIpc) is 2.48. The van der Waals surface area contributed by atoms with Crippen LogP contribution >= 0.6 is 0 Å². The first-order valence-electron chi connectivity index (χ1n) is 7.29. The van der Waals surface area contributed by atoms with Gasteiger partial charge in [0, 0.05) is 23.7 Å². The molecule has 2 atom stereocenters. The molecule has 21 heavy (non-hydrogen) atoms. The fourth-order valence-electron chi connectivity index (χ4n) is 2.96. The number of nitro benzene ring substituents is 1. The largest absolute Gasteiger partial charge is 0.330 e. The maximum Gasteiger partial charge on any atom is 0.269 e. The number of non-ortho nitro benzene ring substituents is 1. The minimum absolute atomic E-state index is 0.0258. The topological polar surface area (TPSA) is 98.3 Å². The van der Waals surface area contributed by atoms with Crippen molar-refractivity contribution in [2.24, 2.45) is 17.6 Å². The van der Waals surface area contributed by atoms with Crippen LogP contribution < -0.4 is 11.1 Å². The fourth-order valence-corrected chi connectivity index (χ4v) is 2.96. The number of nitrogens with two attached hydrogens (primary N) is 1. The zero-order valence-electron chi connectivity index (χ0n) is 12.2. The van der Waals surface area contributed by atoms with Crippen molar-refractivity contribution >= 4 is 17.3 Å². The van der Waals surface area contributed by atoms with Gasteiger partial charge in [0.1, 0.15) is 0 Å². The number of aryl methyl sites for hydroxylation is 1. The molecule has 6 nitrogen and oxygen atoms in total. The summed E-state index contributed by atoms with van der Waals surface area (Å²) in [6, 6.07) is 4.46. The van der Waals surface area contributed by atoms with Crippen molar-refractivity contribution in [3.8, 4) is 0 Å². The van der Waals surface area contributed by atoms with E-state index in [0.29, 0.717) is 17.8 Å². The molecule has 0 saturated heterocycles. The normalized spacial score (nSPS) is 21.8. The second kappa shape index (κ2) is 6.67. The fraction of sp³-hybridized carbons (Fsp3) is 0.533. The molecule has 2 rings (SSSR count). The predicted octanol–water partition coefficient (Wildman–Crippen LogP) is 2.61. The van der Waals surface area contributed by atoms with E-state index in [4.69, 9.17) is 5.73 Å². The van der Waals surface area contributed by atoms with Crippen LogP contribution in [0, 0.1) is 28.9 Å². The van der Waals surface area contributed by atoms with Gasteiger partial charge in [-0.3, -0.25) is 14.9 Å². The van der Waals surface area contributed by atoms with E-state index in [2.05, 4.69) is 5.32 Å². The van der Waals surface area contributed by atoms with E-state index in [1.54, 1.807) is 13.0 Å². The minimum atomic E-state index is -0.440. The molecule has 0 aromatic heterocycles. The van der Waals surface area contributed by atoms with Crippen LogP contribution in [0.25, 0.3) is 0 Å². The second-order valence-electron chi connectivity index (χ2n) is 5.63. The Labute approximate surface area is 123 Å². The smallest absolute Gasteiger partial charge is 0.269 e. The predicted molar refractivity (Wildman–Crippen MR) is 81.0 cm³/mol. The maximum atomic E-state index is 12.4. The van der Waals surface area contributed by atoms with Crippen LogP contribution in [-0.2, 0) is 4.79 Å². The Morgan fingerprint density at radius 3 is 2.76 bits per heavy atom. The van der Waals surface area contributed by atoms with E-state index >= 15 is 0 Å². The van der Waals surface area contributed by atoms with Gasteiger partial charge in [0.25, 0.3) is 5.69 Å². The van der Waals surface area contributed by atoms with Crippen molar-refractivity contribution in [1.29, 1.82) is 0 Å². The summed E-state index contributed by atoms with van der Waals surface area (Å²) in [7, 11) is 0. The summed E-state index contributed by atoms with van der Waals surface area (Å²) in [5.41, 5.74) is 7.11. The number of amides is 1. The molecule has 1 aromatic carbocycles. The molecule has 1 amide bonds. The molecule has 0 aliphatic heterocycles. The molecule has 1 aliphatic rings. The quantitative estimate of drug-likeness (QED) is 0.658. The molecule has 0 heterocycles. The number of carbonyl (C=O) groups is 1. The summed E-state index contributed by atoms with van der Waals surface area (Å²) in [6.07, 6.45) is 4.03. The number of nitro groups is 1. The van der Waals surface area contributed by atoms with Gasteiger partial charge in [0.15, 0.2) is 0 Å². The number of rotatable bonds is 4. The van der Waals surface area contributed by atoms with E-state index in [9.17, 15) is 14.9 Å². The van der Waals surface area contributed by atoms with Gasteiger partial charge < -0.3 is 11.1 Å². The van der Waals surface area contributed by atoms with Crippen LogP contribution in [0.3, 0.4) is 0 Å². The Hall–Kier alpha value is -1.95. The van der Waals surface area contributed by atoms with E-state index < -0.39 is 4.92 Å². The van der Waals surface area contributed by atoms with Crippen molar-refractivity contribution in [3.63, 3.8) is 0 Å². The van der Waals surface area contributed by atoms with Gasteiger partial charge in [-0.1, -0.05) is 12.8 Å². The molecule has 1 fully saturated rings. The number of hydrogen-bond acceptors (Lipinski definition) is 4. The van der Waals surface area contributed by atoms with Crippen LogP contribution in [0.2, 0.25) is 0 Å². The van der Waals surface area contributed by atoms with Crippen molar-refractivity contribution in [3.05, 3.63) is 33.9 Å². The summed E-state index contributed by atoms with van der Waals surface area (Å²) in [4.78, 5) is 22.7. The Kier molecular flexibility index (Phi) is 4.90. The summed E-state index contributed by atoms with van der Waals surface area (Å²) < 4.78 is 0. The van der Waals surface area contributed by atoms with E-state index in [1.807, 2.05) is 0 Å². The Morgan fingerprint density at radius 1 is 1.43 bits per heavy atom. The number of hydrogen-bond donors (Lipinski definition) is 2. The van der Waals surface area contributed by atoms with Crippen molar-refractivity contribution < 1.29 is 9.72 Å². The summed E-state index contributed by atoms with van der Waals surface area (Å²) in [5.74, 6) is 0.151. The van der Waals surface area contributed by atoms with E-state index in [-0.39, 0.29) is 23.4 Å². The minimum Gasteiger partial charge on any atom is -0.330 e. The van der Waals surface area contributed by atoms with Crippen molar-refractivity contribution in [2.45, 2.75) is 32.6 Å². The Bertz CT molecular complexity index is 545. The lowest BCUT2D eigenvalue weighted by molar-refractivity contribution is -0.384. The van der Waals surface area contributed by atoms with Crippen molar-refractivity contribution in [2.75, 3.05) is 11.9 Å². The molecular formula is C15H21N3O3. The number of benzene rings is 1. The lowest BCUT2D eigenvalue weighted by atomic mass is 9.78. The van der Waals surface area contributed by atoms with Crippen LogP contribution in [0.5, 0.6) is 0 Å². The van der Waals surface area contributed by atoms with Crippen LogP contribution in [0.4, 0.5) is 11.4 Å². The van der Waals surface area contributed by atoms with Crippen LogP contribution in [0.15, 0.2) is 18.2 Å². The molecule has 1 aromatic rings. The molecule has 1 aliphatic carbocycles. The molecule has 6 heteroatoms. The zero-order valence-corrected chi connectivity index (χ0v) is 12.2. The van der Waals surface area contributed by atoms with Gasteiger partial charge in [-0.2, -0.15) is 0 Å². The summed E-state index contributed by atoms with van der Waals surface area (Å²) >= 11 is 0. The first-order valence-corrected chi connectivity index (χ1v) is 7.29. The molecular weight excluding hydrogens is 270 g/mol. The molecule has 114 valence electrons. The highest BCUT2D eigenvalue weighted by molar-refractivity contribution is 5.93. The van der Waals surface area contributed by atoms with Gasteiger partial charge in [-0.25, -0.2) is 0 Å². The van der Waals surface area contributed by atoms with Gasteiger partial charge in [0.2, 0.25) is 5.91 Å². The third-order valence-corrected chi connectivity index (χ3v) is 4.23. The van der Waals surface area contributed by atoms with Crippen LogP contribution in [-0.4, -0.2) is 17.4 Å². The Balaban J connectivity index is 2.10. The monoisotopic (exact) mass is 291 g/mol. The lowest BCUT2D eigenvalue weighted by Gasteiger charge is -2.29. The summed E-state index contributed by atoms with van der Waals surface area (Å²) in [5, 5.41) is 13.6. The standard InChI is InChI=1S/C15H21N3O3/c1-10-8-12(18(20)21)6-7-14(10)17-15(19)13-5-3-2-4-11(13)9-16/h6-8,11,13H,2-5,9,16H2,1H3,(H,17,19). The highest BCUT2D eigenvalue weighted by Crippen LogP contribution is 2.31. The van der Waals surface area contributed by atoms with Gasteiger partial charge in [-0.05, 0) is 43.9 Å². The maximum absolute atomic E-state index is 12.4. The first-order chi connectivity index (χ1) is 10.0. The van der Waals surface area contributed by atoms with Crippen molar-refractivity contribution in [1.82, 2.24) is 0 Å². The zero-order chi connectivity index (χ0) is 15.4. The lowest BCUT2D eigenvalue weighted by Crippen LogP contribution is -2.35. The van der Waals surface area contributed by atoms with Gasteiger partial charge >= 0.3 is 0 Å². The highest BCUT2D eigenvalue weighted by atomic mass is 16.6. The molecule has 0 spiro atoms. The molecule has 0 bridgehead atoms.